The number of nitrogens with one attached hydrogen (secondary N) is 1. The van der Waals surface area contributed by atoms with Crippen molar-refractivity contribution in [1.29, 1.82) is 0 Å². The number of carbonyl (C=O) groups excluding carboxylic acids is 2. The molecular weight excluding hydrogens is 580 g/mol. The summed E-state index contributed by atoms with van der Waals surface area (Å²) in [7, 11) is -4.09. The zero-order valence-corrected chi connectivity index (χ0v) is 25.8. The van der Waals surface area contributed by atoms with Crippen molar-refractivity contribution in [2.24, 2.45) is 0 Å². The van der Waals surface area contributed by atoms with Gasteiger partial charge in [0.15, 0.2) is 0 Å². The summed E-state index contributed by atoms with van der Waals surface area (Å²) in [6, 6.07) is 18.8. The van der Waals surface area contributed by atoms with Crippen LogP contribution in [0.1, 0.15) is 37.5 Å². The van der Waals surface area contributed by atoms with E-state index in [0.29, 0.717) is 16.1 Å². The van der Waals surface area contributed by atoms with Gasteiger partial charge >= 0.3 is 0 Å². The van der Waals surface area contributed by atoms with Crippen LogP contribution in [0.4, 0.5) is 11.4 Å². The van der Waals surface area contributed by atoms with Gasteiger partial charge in [-0.25, -0.2) is 8.42 Å². The summed E-state index contributed by atoms with van der Waals surface area (Å²) in [5.41, 5.74) is 0.823. The standard InChI is InChI=1S/C30H35ClN4O6S/c1-21-15-16-24(35(38)39)18-26(21)34(42(5,40)41)20-28(36)33(19-23-13-9-10-14-25(23)31)27(29(37)32-30(2,3)4)17-22-11-7-6-8-12-22/h6-16,18,27H,17,19-20H2,1-5H3,(H,32,37)/t27-/m1/s1. The smallest absolute Gasteiger partial charge is 0.271 e. The molecule has 0 saturated carbocycles. The average Bonchev–Trinajstić information content (AvgIpc) is 2.89. The molecule has 3 rings (SSSR count). The van der Waals surface area contributed by atoms with Crippen LogP contribution in [-0.2, 0) is 32.6 Å². The van der Waals surface area contributed by atoms with Gasteiger partial charge in [-0.15, -0.1) is 0 Å². The molecule has 0 aliphatic heterocycles. The maximum absolute atomic E-state index is 14.2. The molecule has 3 aromatic carbocycles. The first-order valence-electron chi connectivity index (χ1n) is 13.2. The maximum atomic E-state index is 14.2. The molecule has 10 nitrogen and oxygen atoms in total. The van der Waals surface area contributed by atoms with Gasteiger partial charge in [0.1, 0.15) is 12.6 Å². The summed E-state index contributed by atoms with van der Waals surface area (Å²) in [5.74, 6) is -1.11. The second-order valence-corrected chi connectivity index (χ2v) is 13.4. The van der Waals surface area contributed by atoms with E-state index in [-0.39, 0.29) is 24.3 Å². The van der Waals surface area contributed by atoms with Gasteiger partial charge in [-0.3, -0.25) is 24.0 Å². The highest BCUT2D eigenvalue weighted by Gasteiger charge is 2.35. The van der Waals surface area contributed by atoms with E-state index in [4.69, 9.17) is 11.6 Å². The summed E-state index contributed by atoms with van der Waals surface area (Å²) in [6.45, 7) is 6.28. The number of nitrogens with zero attached hydrogens (tertiary/aromatic N) is 3. The van der Waals surface area contributed by atoms with Crippen molar-refractivity contribution >= 4 is 44.8 Å². The lowest BCUT2D eigenvalue weighted by molar-refractivity contribution is -0.384. The number of carbonyl (C=O) groups is 2. The van der Waals surface area contributed by atoms with Crippen molar-refractivity contribution in [3.63, 3.8) is 0 Å². The summed E-state index contributed by atoms with van der Waals surface area (Å²) in [6.07, 6.45) is 1.07. The number of non-ortho nitro benzene ring substituents is 1. The Morgan fingerprint density at radius 2 is 1.64 bits per heavy atom. The lowest BCUT2D eigenvalue weighted by Crippen LogP contribution is -2.56. The van der Waals surface area contributed by atoms with Crippen molar-refractivity contribution in [2.45, 2.75) is 52.2 Å². The van der Waals surface area contributed by atoms with Gasteiger partial charge in [-0.1, -0.05) is 66.2 Å². The third kappa shape index (κ3) is 8.77. The van der Waals surface area contributed by atoms with Crippen LogP contribution >= 0.6 is 11.6 Å². The molecule has 0 radical (unpaired) electrons. The molecular formula is C30H35ClN4O6S. The van der Waals surface area contributed by atoms with E-state index < -0.39 is 44.9 Å². The van der Waals surface area contributed by atoms with Gasteiger partial charge in [0.2, 0.25) is 21.8 Å². The second-order valence-electron chi connectivity index (χ2n) is 11.1. The Morgan fingerprint density at radius 3 is 2.21 bits per heavy atom. The number of amides is 2. The molecule has 3 aromatic rings. The molecule has 0 bridgehead atoms. The monoisotopic (exact) mass is 614 g/mol. The van der Waals surface area contributed by atoms with Crippen molar-refractivity contribution < 1.29 is 22.9 Å². The molecule has 12 heteroatoms. The summed E-state index contributed by atoms with van der Waals surface area (Å²) < 4.78 is 26.8. The Morgan fingerprint density at radius 1 is 1.02 bits per heavy atom. The third-order valence-electron chi connectivity index (χ3n) is 6.42. The minimum absolute atomic E-state index is 0.00324. The number of aryl methyl sites for hydroxylation is 1. The first-order chi connectivity index (χ1) is 19.6. The van der Waals surface area contributed by atoms with Crippen molar-refractivity contribution in [1.82, 2.24) is 10.2 Å². The van der Waals surface area contributed by atoms with E-state index in [9.17, 15) is 28.1 Å². The largest absolute Gasteiger partial charge is 0.350 e. The molecule has 1 atom stereocenters. The van der Waals surface area contributed by atoms with Crippen LogP contribution in [0.3, 0.4) is 0 Å². The second kappa shape index (κ2) is 13.3. The molecule has 0 aromatic heterocycles. The molecule has 224 valence electrons. The van der Waals surface area contributed by atoms with Crippen LogP contribution in [0.2, 0.25) is 5.02 Å². The fourth-order valence-electron chi connectivity index (χ4n) is 4.39. The Bertz CT molecular complexity index is 1560. The highest BCUT2D eigenvalue weighted by atomic mass is 35.5. The van der Waals surface area contributed by atoms with E-state index in [0.717, 1.165) is 22.2 Å². The number of nitro benzene ring substituents is 1. The summed E-state index contributed by atoms with van der Waals surface area (Å²) in [4.78, 5) is 40.1. The van der Waals surface area contributed by atoms with Crippen LogP contribution in [-0.4, -0.2) is 54.4 Å². The van der Waals surface area contributed by atoms with Crippen LogP contribution in [0.15, 0.2) is 72.8 Å². The topological polar surface area (TPSA) is 130 Å². The van der Waals surface area contributed by atoms with Crippen LogP contribution < -0.4 is 9.62 Å². The summed E-state index contributed by atoms with van der Waals surface area (Å²) >= 11 is 6.46. The number of hydrogen-bond donors (Lipinski definition) is 1. The predicted octanol–water partition coefficient (Wildman–Crippen LogP) is 4.88. The molecule has 0 saturated heterocycles. The van der Waals surface area contributed by atoms with Gasteiger partial charge in [-0.2, -0.15) is 0 Å². The Hall–Kier alpha value is -3.96. The van der Waals surface area contributed by atoms with E-state index in [1.54, 1.807) is 31.2 Å². The first-order valence-corrected chi connectivity index (χ1v) is 15.4. The molecule has 42 heavy (non-hydrogen) atoms. The fourth-order valence-corrected chi connectivity index (χ4v) is 5.49. The number of sulfonamides is 1. The van der Waals surface area contributed by atoms with Gasteiger partial charge in [0, 0.05) is 35.7 Å². The number of hydrogen-bond acceptors (Lipinski definition) is 6. The number of halogens is 1. The zero-order valence-electron chi connectivity index (χ0n) is 24.2. The number of rotatable bonds is 11. The average molecular weight is 615 g/mol. The number of anilines is 1. The number of nitro groups is 1. The normalized spacial score (nSPS) is 12.3. The van der Waals surface area contributed by atoms with E-state index in [2.05, 4.69) is 5.32 Å². The van der Waals surface area contributed by atoms with Gasteiger partial charge in [-0.05, 0) is 50.5 Å². The molecule has 0 aliphatic carbocycles. The number of benzene rings is 3. The zero-order chi connectivity index (χ0) is 31.2. The van der Waals surface area contributed by atoms with Crippen molar-refractivity contribution in [2.75, 3.05) is 17.1 Å². The van der Waals surface area contributed by atoms with Gasteiger partial charge in [0.05, 0.1) is 16.9 Å². The van der Waals surface area contributed by atoms with E-state index in [1.807, 2.05) is 51.1 Å². The van der Waals surface area contributed by atoms with E-state index in [1.165, 1.54) is 17.0 Å². The van der Waals surface area contributed by atoms with Crippen LogP contribution in [0.5, 0.6) is 0 Å². The highest BCUT2D eigenvalue weighted by molar-refractivity contribution is 7.92. The molecule has 0 spiro atoms. The van der Waals surface area contributed by atoms with Crippen LogP contribution in [0.25, 0.3) is 0 Å². The molecule has 2 amide bonds. The Kier molecular flexibility index (Phi) is 10.3. The van der Waals surface area contributed by atoms with Crippen molar-refractivity contribution in [3.8, 4) is 0 Å². The van der Waals surface area contributed by atoms with Gasteiger partial charge < -0.3 is 10.2 Å². The molecule has 1 N–H and O–H groups in total. The Labute approximate surface area is 251 Å². The van der Waals surface area contributed by atoms with Crippen molar-refractivity contribution in [3.05, 3.63) is 105 Å². The fraction of sp³-hybridized carbons (Fsp3) is 0.333. The minimum Gasteiger partial charge on any atom is -0.350 e. The minimum atomic E-state index is -4.09. The molecule has 0 heterocycles. The van der Waals surface area contributed by atoms with Crippen LogP contribution in [0, 0.1) is 17.0 Å². The maximum Gasteiger partial charge on any atom is 0.271 e. The Balaban J connectivity index is 2.14. The lowest BCUT2D eigenvalue weighted by Gasteiger charge is -2.35. The first kappa shape index (κ1) is 32.6. The molecule has 0 unspecified atom stereocenters. The SMILES string of the molecule is Cc1ccc([N+](=O)[O-])cc1N(CC(=O)N(Cc1ccccc1Cl)[C@H](Cc1ccccc1)C(=O)NC(C)(C)C)S(C)(=O)=O. The van der Waals surface area contributed by atoms with Gasteiger partial charge in [0.25, 0.3) is 5.69 Å². The van der Waals surface area contributed by atoms with E-state index >= 15 is 0 Å². The third-order valence-corrected chi connectivity index (χ3v) is 7.91. The predicted molar refractivity (Wildman–Crippen MR) is 164 cm³/mol. The summed E-state index contributed by atoms with van der Waals surface area (Å²) in [5, 5.41) is 14.8. The lowest BCUT2D eigenvalue weighted by atomic mass is 10.0. The molecule has 0 fully saturated rings. The quantitative estimate of drug-likeness (QED) is 0.242. The highest BCUT2D eigenvalue weighted by Crippen LogP contribution is 2.28. The molecule has 0 aliphatic rings.